The number of ether oxygens (including phenoxy) is 1. The highest BCUT2D eigenvalue weighted by atomic mass is 16.5. The molecule has 0 saturated carbocycles. The van der Waals surface area contributed by atoms with E-state index in [-0.39, 0.29) is 12.5 Å². The molecule has 28 heavy (non-hydrogen) atoms. The van der Waals surface area contributed by atoms with Gasteiger partial charge < -0.3 is 14.5 Å². The molecule has 0 atom stereocenters. The highest BCUT2D eigenvalue weighted by Crippen LogP contribution is 2.20. The first-order valence-corrected chi connectivity index (χ1v) is 9.96. The molecule has 4 rings (SSSR count). The summed E-state index contributed by atoms with van der Waals surface area (Å²) in [5, 5.41) is 2.30. The fourth-order valence-corrected chi connectivity index (χ4v) is 3.85. The Hall–Kier alpha value is -2.85. The van der Waals surface area contributed by atoms with Crippen molar-refractivity contribution in [2.75, 3.05) is 32.8 Å². The third kappa shape index (κ3) is 4.52. The van der Waals surface area contributed by atoms with Crippen LogP contribution in [0.2, 0.25) is 0 Å². The molecule has 144 valence electrons. The summed E-state index contributed by atoms with van der Waals surface area (Å²) in [4.78, 5) is 16.0. The van der Waals surface area contributed by atoms with Crippen LogP contribution in [0.4, 0.5) is 0 Å². The van der Waals surface area contributed by atoms with E-state index in [9.17, 15) is 4.79 Å². The quantitative estimate of drug-likeness (QED) is 0.743. The molecule has 3 aromatic carbocycles. The predicted octanol–water partition coefficient (Wildman–Crippen LogP) is 2.45. The first-order chi connectivity index (χ1) is 13.7. The summed E-state index contributed by atoms with van der Waals surface area (Å²) < 4.78 is 5.77. The van der Waals surface area contributed by atoms with E-state index in [2.05, 4.69) is 43.3 Å². The fraction of sp³-hybridized carbons (Fsp3) is 0.292. The third-order valence-corrected chi connectivity index (χ3v) is 5.44. The monoisotopic (exact) mass is 375 g/mol. The van der Waals surface area contributed by atoms with Gasteiger partial charge in [-0.05, 0) is 29.8 Å². The van der Waals surface area contributed by atoms with Crippen LogP contribution >= 0.6 is 0 Å². The summed E-state index contributed by atoms with van der Waals surface area (Å²) >= 11 is 0. The number of quaternary nitrogens is 1. The Bertz CT molecular complexity index is 961. The smallest absolute Gasteiger partial charge is 0.260 e. The minimum absolute atomic E-state index is 0.0720. The Balaban J connectivity index is 1.26. The zero-order valence-corrected chi connectivity index (χ0v) is 16.4. The van der Waals surface area contributed by atoms with Crippen LogP contribution in [-0.4, -0.2) is 43.6 Å². The average molecular weight is 375 g/mol. The maximum atomic E-state index is 12.5. The van der Waals surface area contributed by atoms with Gasteiger partial charge in [0, 0.05) is 5.56 Å². The van der Waals surface area contributed by atoms with Gasteiger partial charge in [-0.2, -0.15) is 0 Å². The van der Waals surface area contributed by atoms with Crippen molar-refractivity contribution in [2.24, 2.45) is 0 Å². The summed E-state index contributed by atoms with van der Waals surface area (Å²) in [6.45, 7) is 6.81. The van der Waals surface area contributed by atoms with E-state index in [0.29, 0.717) is 0 Å². The molecule has 0 bridgehead atoms. The van der Waals surface area contributed by atoms with Crippen molar-refractivity contribution < 1.29 is 14.4 Å². The average Bonchev–Trinajstić information content (AvgIpc) is 2.72. The van der Waals surface area contributed by atoms with Crippen molar-refractivity contribution in [1.29, 1.82) is 0 Å². The maximum absolute atomic E-state index is 12.5. The highest BCUT2D eigenvalue weighted by Gasteiger charge is 2.24. The Labute approximate surface area is 166 Å². The molecule has 1 saturated heterocycles. The summed E-state index contributed by atoms with van der Waals surface area (Å²) in [6, 6.07) is 22.8. The number of carbonyl (C=O) groups is 1. The van der Waals surface area contributed by atoms with Gasteiger partial charge in [-0.1, -0.05) is 60.2 Å². The number of nitrogens with zero attached hydrogens (tertiary/aromatic N) is 1. The zero-order valence-electron chi connectivity index (χ0n) is 16.4. The molecule has 1 aliphatic rings. The molecule has 1 heterocycles. The number of aryl methyl sites for hydroxylation is 1. The first-order valence-electron chi connectivity index (χ1n) is 9.96. The molecule has 0 radical (unpaired) electrons. The van der Waals surface area contributed by atoms with Crippen LogP contribution < -0.4 is 9.64 Å². The van der Waals surface area contributed by atoms with Crippen LogP contribution in [-0.2, 0) is 11.3 Å². The van der Waals surface area contributed by atoms with Crippen molar-refractivity contribution in [2.45, 2.75) is 13.5 Å². The zero-order chi connectivity index (χ0) is 19.3. The van der Waals surface area contributed by atoms with Gasteiger partial charge in [0.05, 0.1) is 26.2 Å². The number of carbonyl (C=O) groups excluding carboxylic acids is 1. The predicted molar refractivity (Wildman–Crippen MR) is 112 cm³/mol. The molecule has 4 nitrogen and oxygen atoms in total. The molecular formula is C24H27N2O2+. The second-order valence-electron chi connectivity index (χ2n) is 7.59. The van der Waals surface area contributed by atoms with Crippen LogP contribution in [0.3, 0.4) is 0 Å². The molecule has 0 aromatic heterocycles. The molecule has 1 amide bonds. The summed E-state index contributed by atoms with van der Waals surface area (Å²) in [7, 11) is 0. The minimum Gasteiger partial charge on any atom is -0.484 e. The van der Waals surface area contributed by atoms with Crippen LogP contribution in [0.1, 0.15) is 11.1 Å². The first kappa shape index (κ1) is 18.5. The molecule has 4 heteroatoms. The lowest BCUT2D eigenvalue weighted by molar-refractivity contribution is -0.917. The number of hydrogen-bond donors (Lipinski definition) is 1. The molecule has 1 fully saturated rings. The van der Waals surface area contributed by atoms with Crippen LogP contribution in [0, 0.1) is 6.92 Å². The van der Waals surface area contributed by atoms with Gasteiger partial charge in [0.25, 0.3) is 5.91 Å². The van der Waals surface area contributed by atoms with E-state index < -0.39 is 0 Å². The fourth-order valence-electron chi connectivity index (χ4n) is 3.85. The Kier molecular flexibility index (Phi) is 5.58. The topological polar surface area (TPSA) is 34.0 Å². The lowest BCUT2D eigenvalue weighted by atomic mass is 10.1. The maximum Gasteiger partial charge on any atom is 0.260 e. The van der Waals surface area contributed by atoms with Crippen molar-refractivity contribution in [1.82, 2.24) is 4.90 Å². The molecule has 1 N–H and O–H groups in total. The van der Waals surface area contributed by atoms with Gasteiger partial charge in [-0.25, -0.2) is 0 Å². The molecule has 1 aliphatic heterocycles. The summed E-state index contributed by atoms with van der Waals surface area (Å²) in [5.41, 5.74) is 2.67. The van der Waals surface area contributed by atoms with E-state index in [1.54, 1.807) is 0 Å². The standard InChI is InChI=1S/C24H26N2O2/c1-19-5-4-6-20(15-19)17-25-11-13-26(14-12-25)24(27)18-28-23-10-9-21-7-2-3-8-22(21)16-23/h2-10,15-16H,11-14,17-18H2,1H3/p+1. The van der Waals surface area contributed by atoms with Gasteiger partial charge >= 0.3 is 0 Å². The van der Waals surface area contributed by atoms with Crippen molar-refractivity contribution >= 4 is 16.7 Å². The number of hydrogen-bond acceptors (Lipinski definition) is 2. The summed E-state index contributed by atoms with van der Waals surface area (Å²) in [5.74, 6) is 0.818. The van der Waals surface area contributed by atoms with Crippen LogP contribution in [0.15, 0.2) is 66.7 Å². The number of fused-ring (bicyclic) bond motifs is 1. The van der Waals surface area contributed by atoms with Gasteiger partial charge in [-0.3, -0.25) is 4.79 Å². The molecule has 3 aromatic rings. The van der Waals surface area contributed by atoms with E-state index in [4.69, 9.17) is 4.74 Å². The van der Waals surface area contributed by atoms with E-state index >= 15 is 0 Å². The largest absolute Gasteiger partial charge is 0.484 e. The molecule has 0 unspecified atom stereocenters. The van der Waals surface area contributed by atoms with Gasteiger partial charge in [0.15, 0.2) is 6.61 Å². The van der Waals surface area contributed by atoms with Gasteiger partial charge in [0.2, 0.25) is 0 Å². The second kappa shape index (κ2) is 8.44. The summed E-state index contributed by atoms with van der Waals surface area (Å²) in [6.07, 6.45) is 0. The Morgan fingerprint density at radius 1 is 0.964 bits per heavy atom. The number of amides is 1. The minimum atomic E-state index is 0.0720. The molecular weight excluding hydrogens is 348 g/mol. The van der Waals surface area contributed by atoms with Crippen LogP contribution in [0.25, 0.3) is 10.8 Å². The number of benzene rings is 3. The third-order valence-electron chi connectivity index (χ3n) is 5.44. The SMILES string of the molecule is Cc1cccc(C[NH+]2CCN(C(=O)COc3ccc4ccccc4c3)CC2)c1. The number of nitrogens with one attached hydrogen (secondary N) is 1. The lowest BCUT2D eigenvalue weighted by Gasteiger charge is -2.32. The van der Waals surface area contributed by atoms with E-state index in [1.807, 2.05) is 35.2 Å². The molecule has 0 aliphatic carbocycles. The number of piperazine rings is 1. The molecule has 0 spiro atoms. The lowest BCUT2D eigenvalue weighted by Crippen LogP contribution is -3.13. The van der Waals surface area contributed by atoms with Crippen molar-refractivity contribution in [3.05, 3.63) is 77.9 Å². The van der Waals surface area contributed by atoms with E-state index in [1.165, 1.54) is 21.4 Å². The Morgan fingerprint density at radius 3 is 2.54 bits per heavy atom. The van der Waals surface area contributed by atoms with Gasteiger partial charge in [-0.15, -0.1) is 0 Å². The normalized spacial score (nSPS) is 15.0. The van der Waals surface area contributed by atoms with Crippen molar-refractivity contribution in [3.8, 4) is 5.75 Å². The number of rotatable bonds is 5. The highest BCUT2D eigenvalue weighted by molar-refractivity contribution is 5.84. The Morgan fingerprint density at radius 2 is 1.75 bits per heavy atom. The second-order valence-corrected chi connectivity index (χ2v) is 7.59. The van der Waals surface area contributed by atoms with Crippen LogP contribution in [0.5, 0.6) is 5.75 Å². The van der Waals surface area contributed by atoms with Gasteiger partial charge in [0.1, 0.15) is 12.3 Å². The van der Waals surface area contributed by atoms with E-state index in [0.717, 1.165) is 43.9 Å². The van der Waals surface area contributed by atoms with Crippen molar-refractivity contribution in [3.63, 3.8) is 0 Å².